The summed E-state index contributed by atoms with van der Waals surface area (Å²) in [4.78, 5) is 0. The average Bonchev–Trinajstić information content (AvgIpc) is 2.60. The molecule has 0 radical (unpaired) electrons. The first-order valence-corrected chi connectivity index (χ1v) is 4.77. The van der Waals surface area contributed by atoms with Gasteiger partial charge in [0, 0.05) is 12.8 Å². The SMILES string of the molecule is CC(C)=C1OC2(CC2)OC1=C(C)C. The van der Waals surface area contributed by atoms with Gasteiger partial charge in [0.05, 0.1) is 0 Å². The van der Waals surface area contributed by atoms with Crippen LogP contribution in [0.2, 0.25) is 0 Å². The number of allylic oxidation sites excluding steroid dienone is 2. The molecule has 1 aliphatic heterocycles. The summed E-state index contributed by atoms with van der Waals surface area (Å²) in [6, 6.07) is 0. The second-order valence-corrected chi connectivity index (χ2v) is 4.27. The first-order valence-electron chi connectivity index (χ1n) is 4.77. The zero-order chi connectivity index (χ0) is 9.64. The van der Waals surface area contributed by atoms with E-state index >= 15 is 0 Å². The van der Waals surface area contributed by atoms with Gasteiger partial charge in [-0.05, 0) is 38.8 Å². The second kappa shape index (κ2) is 2.53. The van der Waals surface area contributed by atoms with Gasteiger partial charge < -0.3 is 9.47 Å². The van der Waals surface area contributed by atoms with Crippen molar-refractivity contribution >= 4 is 0 Å². The third kappa shape index (κ3) is 1.34. The predicted molar refractivity (Wildman–Crippen MR) is 50.9 cm³/mol. The van der Waals surface area contributed by atoms with Crippen LogP contribution in [0.1, 0.15) is 40.5 Å². The topological polar surface area (TPSA) is 18.5 Å². The van der Waals surface area contributed by atoms with Gasteiger partial charge in [0.25, 0.3) is 5.79 Å². The largest absolute Gasteiger partial charge is 0.449 e. The highest BCUT2D eigenvalue weighted by Crippen LogP contribution is 2.52. The Kier molecular flexibility index (Phi) is 1.69. The van der Waals surface area contributed by atoms with Gasteiger partial charge in [-0.1, -0.05) is 0 Å². The van der Waals surface area contributed by atoms with Gasteiger partial charge in [-0.15, -0.1) is 0 Å². The number of hydrogen-bond acceptors (Lipinski definition) is 2. The Labute approximate surface area is 79.2 Å². The maximum atomic E-state index is 5.79. The lowest BCUT2D eigenvalue weighted by molar-refractivity contribution is -0.0454. The molecule has 2 heteroatoms. The molecule has 0 aromatic carbocycles. The molecule has 0 aromatic rings. The highest BCUT2D eigenvalue weighted by molar-refractivity contribution is 5.32. The molecule has 1 heterocycles. The van der Waals surface area contributed by atoms with Crippen LogP contribution in [0.15, 0.2) is 22.7 Å². The van der Waals surface area contributed by atoms with E-state index in [2.05, 4.69) is 27.7 Å². The van der Waals surface area contributed by atoms with Crippen LogP contribution in [0.25, 0.3) is 0 Å². The fraction of sp³-hybridized carbons (Fsp3) is 0.636. The smallest absolute Gasteiger partial charge is 0.252 e. The first-order chi connectivity index (χ1) is 6.04. The Morgan fingerprint density at radius 2 is 1.31 bits per heavy atom. The highest BCUT2D eigenvalue weighted by Gasteiger charge is 2.55. The Hall–Kier alpha value is -0.920. The zero-order valence-corrected chi connectivity index (χ0v) is 8.73. The summed E-state index contributed by atoms with van der Waals surface area (Å²) < 4.78 is 11.6. The molecule has 0 bridgehead atoms. The minimum absolute atomic E-state index is 0.265. The molecular formula is C11H16O2. The van der Waals surface area contributed by atoms with Gasteiger partial charge in [-0.2, -0.15) is 0 Å². The average molecular weight is 180 g/mol. The van der Waals surface area contributed by atoms with Gasteiger partial charge in [-0.25, -0.2) is 0 Å². The van der Waals surface area contributed by atoms with Crippen molar-refractivity contribution in [3.8, 4) is 0 Å². The minimum atomic E-state index is -0.265. The zero-order valence-electron chi connectivity index (χ0n) is 8.73. The van der Waals surface area contributed by atoms with E-state index in [0.717, 1.165) is 24.4 Å². The van der Waals surface area contributed by atoms with E-state index in [0.29, 0.717) is 0 Å². The van der Waals surface area contributed by atoms with Crippen LogP contribution >= 0.6 is 0 Å². The molecule has 2 rings (SSSR count). The Balaban J connectivity index is 2.38. The lowest BCUT2D eigenvalue weighted by atomic mass is 10.2. The van der Waals surface area contributed by atoms with Crippen molar-refractivity contribution in [1.82, 2.24) is 0 Å². The molecule has 0 atom stereocenters. The lowest BCUT2D eigenvalue weighted by Crippen LogP contribution is -2.05. The van der Waals surface area contributed by atoms with Gasteiger partial charge in [-0.3, -0.25) is 0 Å². The minimum Gasteiger partial charge on any atom is -0.449 e. The van der Waals surface area contributed by atoms with E-state index < -0.39 is 0 Å². The van der Waals surface area contributed by atoms with E-state index in [1.807, 2.05) is 0 Å². The fourth-order valence-electron chi connectivity index (χ4n) is 1.45. The van der Waals surface area contributed by atoms with Crippen molar-refractivity contribution in [3.05, 3.63) is 22.7 Å². The van der Waals surface area contributed by atoms with Crippen LogP contribution in [0.3, 0.4) is 0 Å². The van der Waals surface area contributed by atoms with E-state index in [-0.39, 0.29) is 5.79 Å². The second-order valence-electron chi connectivity index (χ2n) is 4.27. The van der Waals surface area contributed by atoms with E-state index in [4.69, 9.17) is 9.47 Å². The van der Waals surface area contributed by atoms with Crippen LogP contribution in [0.4, 0.5) is 0 Å². The van der Waals surface area contributed by atoms with Gasteiger partial charge in [0.2, 0.25) is 0 Å². The van der Waals surface area contributed by atoms with Crippen molar-refractivity contribution in [2.75, 3.05) is 0 Å². The molecule has 0 unspecified atom stereocenters. The third-order valence-electron chi connectivity index (χ3n) is 2.35. The molecule has 0 aromatic heterocycles. The molecule has 2 fully saturated rings. The maximum Gasteiger partial charge on any atom is 0.252 e. The Morgan fingerprint density at radius 3 is 1.54 bits per heavy atom. The molecule has 1 saturated heterocycles. The molecule has 13 heavy (non-hydrogen) atoms. The molecule has 1 aliphatic carbocycles. The van der Waals surface area contributed by atoms with E-state index in [1.54, 1.807) is 0 Å². The van der Waals surface area contributed by atoms with Crippen molar-refractivity contribution < 1.29 is 9.47 Å². The van der Waals surface area contributed by atoms with Crippen LogP contribution in [0.5, 0.6) is 0 Å². The summed E-state index contributed by atoms with van der Waals surface area (Å²) in [5.41, 5.74) is 2.39. The van der Waals surface area contributed by atoms with Crippen LogP contribution < -0.4 is 0 Å². The molecular weight excluding hydrogens is 164 g/mol. The van der Waals surface area contributed by atoms with E-state index in [9.17, 15) is 0 Å². The molecule has 2 nitrogen and oxygen atoms in total. The summed E-state index contributed by atoms with van der Waals surface area (Å²) in [6.45, 7) is 8.23. The van der Waals surface area contributed by atoms with Crippen LogP contribution in [0, 0.1) is 0 Å². The van der Waals surface area contributed by atoms with Crippen LogP contribution in [-0.2, 0) is 9.47 Å². The standard InChI is InChI=1S/C11H16O2/c1-7(2)9-10(8(3)4)13-11(12-9)5-6-11/h5-6H2,1-4H3. The van der Waals surface area contributed by atoms with Crippen molar-refractivity contribution in [2.45, 2.75) is 46.3 Å². The molecule has 1 spiro atoms. The monoisotopic (exact) mass is 180 g/mol. The molecule has 0 N–H and O–H groups in total. The molecule has 0 amide bonds. The number of rotatable bonds is 0. The summed E-state index contributed by atoms with van der Waals surface area (Å²) in [7, 11) is 0. The summed E-state index contributed by atoms with van der Waals surface area (Å²) in [5, 5.41) is 0. The van der Waals surface area contributed by atoms with Crippen molar-refractivity contribution in [1.29, 1.82) is 0 Å². The quantitative estimate of drug-likeness (QED) is 0.570. The molecule has 72 valence electrons. The van der Waals surface area contributed by atoms with Crippen LogP contribution in [-0.4, -0.2) is 5.79 Å². The first kappa shape index (κ1) is 8.67. The predicted octanol–water partition coefficient (Wildman–Crippen LogP) is 3.11. The maximum absolute atomic E-state index is 5.79. The Morgan fingerprint density at radius 1 is 0.923 bits per heavy atom. The van der Waals surface area contributed by atoms with E-state index in [1.165, 1.54) is 11.1 Å². The summed E-state index contributed by atoms with van der Waals surface area (Å²) in [5.74, 6) is 1.65. The summed E-state index contributed by atoms with van der Waals surface area (Å²) in [6.07, 6.45) is 2.06. The van der Waals surface area contributed by atoms with Gasteiger partial charge >= 0.3 is 0 Å². The van der Waals surface area contributed by atoms with Gasteiger partial charge in [0.1, 0.15) is 0 Å². The number of ether oxygens (including phenoxy) is 2. The Bertz CT molecular complexity index is 270. The van der Waals surface area contributed by atoms with Crippen molar-refractivity contribution in [2.24, 2.45) is 0 Å². The third-order valence-corrected chi connectivity index (χ3v) is 2.35. The molecule has 1 saturated carbocycles. The lowest BCUT2D eigenvalue weighted by Gasteiger charge is -2.04. The highest BCUT2D eigenvalue weighted by atomic mass is 16.8. The molecule has 2 aliphatic rings. The summed E-state index contributed by atoms with van der Waals surface area (Å²) >= 11 is 0. The number of hydrogen-bond donors (Lipinski definition) is 0. The van der Waals surface area contributed by atoms with Gasteiger partial charge in [0.15, 0.2) is 11.5 Å². The fourth-order valence-corrected chi connectivity index (χ4v) is 1.45. The normalized spacial score (nSPS) is 22.8. The van der Waals surface area contributed by atoms with Crippen molar-refractivity contribution in [3.63, 3.8) is 0 Å².